The Morgan fingerprint density at radius 3 is 2.20 bits per heavy atom. The van der Waals surface area contributed by atoms with Gasteiger partial charge in [-0.1, -0.05) is 20.8 Å². The van der Waals surface area contributed by atoms with Crippen LogP contribution in [0.3, 0.4) is 0 Å². The van der Waals surface area contributed by atoms with Crippen LogP contribution in [0.2, 0.25) is 0 Å². The number of hydrogen-bond donors (Lipinski definition) is 0. The van der Waals surface area contributed by atoms with Gasteiger partial charge < -0.3 is 0 Å². The van der Waals surface area contributed by atoms with Gasteiger partial charge in [0.2, 0.25) is 12.2 Å². The highest BCUT2D eigenvalue weighted by Gasteiger charge is 2.24. The van der Waals surface area contributed by atoms with Crippen molar-refractivity contribution in [3.8, 4) is 0 Å². The van der Waals surface area contributed by atoms with E-state index in [9.17, 15) is 9.59 Å². The van der Waals surface area contributed by atoms with Crippen molar-refractivity contribution in [2.24, 2.45) is 21.3 Å². The molecular weight excluding hydrogens is 192 g/mol. The molecule has 4 heteroatoms. The van der Waals surface area contributed by atoms with Crippen LogP contribution in [0.1, 0.15) is 33.6 Å². The molecule has 15 heavy (non-hydrogen) atoms. The predicted molar refractivity (Wildman–Crippen MR) is 58.2 cm³/mol. The molecule has 0 spiro atoms. The molecule has 0 bridgehead atoms. The highest BCUT2D eigenvalue weighted by atomic mass is 16.1. The second-order valence-corrected chi connectivity index (χ2v) is 4.37. The zero-order valence-corrected chi connectivity index (χ0v) is 9.62. The molecule has 1 atom stereocenters. The Kier molecular flexibility index (Phi) is 6.52. The summed E-state index contributed by atoms with van der Waals surface area (Å²) in [6, 6.07) is 0. The molecule has 0 aliphatic heterocycles. The van der Waals surface area contributed by atoms with E-state index in [0.717, 1.165) is 12.8 Å². The Morgan fingerprint density at radius 1 is 1.13 bits per heavy atom. The molecule has 84 valence electrons. The van der Waals surface area contributed by atoms with E-state index in [1.165, 1.54) is 12.2 Å². The predicted octanol–water partition coefficient (Wildman–Crippen LogP) is 2.10. The molecule has 1 unspecified atom stereocenters. The van der Waals surface area contributed by atoms with Crippen LogP contribution in [-0.4, -0.2) is 25.2 Å². The summed E-state index contributed by atoms with van der Waals surface area (Å²) in [5, 5.41) is 0. The lowest BCUT2D eigenvalue weighted by molar-refractivity contribution is 0.207. The molecule has 4 nitrogen and oxygen atoms in total. The van der Waals surface area contributed by atoms with Crippen molar-refractivity contribution in [2.45, 2.75) is 33.6 Å². The lowest BCUT2D eigenvalue weighted by Crippen LogP contribution is -2.23. The van der Waals surface area contributed by atoms with E-state index in [1.807, 2.05) is 0 Å². The molecule has 0 aromatic heterocycles. The zero-order valence-electron chi connectivity index (χ0n) is 9.62. The Hall–Kier alpha value is -1.24. The van der Waals surface area contributed by atoms with Crippen molar-refractivity contribution in [3.05, 3.63) is 0 Å². The number of nitrogens with zero attached hydrogens (tertiary/aromatic N) is 2. The third kappa shape index (κ3) is 5.95. The first-order chi connectivity index (χ1) is 7.04. The molecule has 0 saturated heterocycles. The van der Waals surface area contributed by atoms with E-state index in [4.69, 9.17) is 0 Å². The van der Waals surface area contributed by atoms with Gasteiger partial charge in [0.25, 0.3) is 0 Å². The summed E-state index contributed by atoms with van der Waals surface area (Å²) in [5.41, 5.74) is 0.0960. The standard InChI is InChI=1S/C11H18N2O2/c1-10(4-6-12-8-14)11(2,3)5-7-13-9-15/h10H,4-7H2,1-3H3. The minimum atomic E-state index is 0.0960. The fourth-order valence-corrected chi connectivity index (χ4v) is 1.33. The summed E-state index contributed by atoms with van der Waals surface area (Å²) in [4.78, 5) is 26.9. The lowest BCUT2D eigenvalue weighted by Gasteiger charge is -2.30. The van der Waals surface area contributed by atoms with Gasteiger partial charge in [0.1, 0.15) is 0 Å². The van der Waals surface area contributed by atoms with Crippen molar-refractivity contribution in [1.29, 1.82) is 0 Å². The van der Waals surface area contributed by atoms with Gasteiger partial charge in [0.05, 0.1) is 13.1 Å². The third-order valence-corrected chi connectivity index (χ3v) is 3.01. The summed E-state index contributed by atoms with van der Waals surface area (Å²) in [6.45, 7) is 7.40. The minimum Gasteiger partial charge on any atom is -0.211 e. The van der Waals surface area contributed by atoms with Crippen LogP contribution in [0.5, 0.6) is 0 Å². The Bertz CT molecular complexity index is 274. The average Bonchev–Trinajstić information content (AvgIpc) is 2.18. The molecule has 0 aliphatic rings. The van der Waals surface area contributed by atoms with Crippen molar-refractivity contribution >= 4 is 12.2 Å². The molecule has 0 amide bonds. The molecule has 0 aliphatic carbocycles. The van der Waals surface area contributed by atoms with Crippen LogP contribution >= 0.6 is 0 Å². The van der Waals surface area contributed by atoms with Gasteiger partial charge in [-0.25, -0.2) is 19.6 Å². The molecule has 0 N–H and O–H groups in total. The summed E-state index contributed by atoms with van der Waals surface area (Å²) < 4.78 is 0. The van der Waals surface area contributed by atoms with Crippen molar-refractivity contribution in [3.63, 3.8) is 0 Å². The van der Waals surface area contributed by atoms with E-state index in [2.05, 4.69) is 30.8 Å². The van der Waals surface area contributed by atoms with Gasteiger partial charge in [-0.05, 0) is 24.2 Å². The van der Waals surface area contributed by atoms with Crippen molar-refractivity contribution < 1.29 is 9.59 Å². The molecule has 0 fully saturated rings. The highest BCUT2D eigenvalue weighted by molar-refractivity contribution is 5.33. The molecule has 0 aromatic rings. The third-order valence-electron chi connectivity index (χ3n) is 3.01. The van der Waals surface area contributed by atoms with E-state index in [0.29, 0.717) is 19.0 Å². The summed E-state index contributed by atoms with van der Waals surface area (Å²) in [6.07, 6.45) is 4.76. The molecular formula is C11H18N2O2. The highest BCUT2D eigenvalue weighted by Crippen LogP contribution is 2.32. The number of carbonyl (C=O) groups excluding carboxylic acids is 2. The van der Waals surface area contributed by atoms with Crippen LogP contribution in [0, 0.1) is 11.3 Å². The first kappa shape index (κ1) is 13.8. The second-order valence-electron chi connectivity index (χ2n) is 4.37. The van der Waals surface area contributed by atoms with E-state index >= 15 is 0 Å². The van der Waals surface area contributed by atoms with Crippen LogP contribution in [0.4, 0.5) is 0 Å². The second kappa shape index (κ2) is 7.10. The van der Waals surface area contributed by atoms with E-state index < -0.39 is 0 Å². The first-order valence-electron chi connectivity index (χ1n) is 5.12. The first-order valence-corrected chi connectivity index (χ1v) is 5.12. The number of aliphatic imine (C=N–C) groups is 2. The fraction of sp³-hybridized carbons (Fsp3) is 0.818. The van der Waals surface area contributed by atoms with Crippen molar-refractivity contribution in [1.82, 2.24) is 0 Å². The molecule has 0 radical (unpaired) electrons. The lowest BCUT2D eigenvalue weighted by atomic mass is 9.76. The van der Waals surface area contributed by atoms with Crippen LogP contribution in [0.25, 0.3) is 0 Å². The Labute approximate surface area is 90.5 Å². The number of rotatable bonds is 7. The largest absolute Gasteiger partial charge is 0.234 e. The summed E-state index contributed by atoms with van der Waals surface area (Å²) in [5.74, 6) is 0.427. The Morgan fingerprint density at radius 2 is 1.67 bits per heavy atom. The molecule has 0 rings (SSSR count). The van der Waals surface area contributed by atoms with Gasteiger partial charge in [0, 0.05) is 0 Å². The summed E-state index contributed by atoms with van der Waals surface area (Å²) >= 11 is 0. The quantitative estimate of drug-likeness (QED) is 0.477. The fourth-order valence-electron chi connectivity index (χ4n) is 1.33. The zero-order chi connectivity index (χ0) is 11.7. The van der Waals surface area contributed by atoms with Gasteiger partial charge in [-0.2, -0.15) is 0 Å². The topological polar surface area (TPSA) is 58.9 Å². The summed E-state index contributed by atoms with van der Waals surface area (Å²) in [7, 11) is 0. The maximum atomic E-state index is 9.92. The van der Waals surface area contributed by atoms with Gasteiger partial charge in [-0.15, -0.1) is 0 Å². The molecule has 0 saturated carbocycles. The van der Waals surface area contributed by atoms with Gasteiger partial charge in [0.15, 0.2) is 0 Å². The Balaban J connectivity index is 4.05. The average molecular weight is 210 g/mol. The van der Waals surface area contributed by atoms with Gasteiger partial charge >= 0.3 is 0 Å². The van der Waals surface area contributed by atoms with Crippen LogP contribution in [-0.2, 0) is 9.59 Å². The van der Waals surface area contributed by atoms with Crippen LogP contribution < -0.4 is 0 Å². The van der Waals surface area contributed by atoms with Crippen molar-refractivity contribution in [2.75, 3.05) is 13.1 Å². The van der Waals surface area contributed by atoms with Gasteiger partial charge in [-0.3, -0.25) is 0 Å². The van der Waals surface area contributed by atoms with Crippen LogP contribution in [0.15, 0.2) is 9.98 Å². The maximum absolute atomic E-state index is 9.92. The number of isocyanates is 2. The SMILES string of the molecule is CC(CCN=C=O)C(C)(C)CCN=C=O. The smallest absolute Gasteiger partial charge is 0.211 e. The maximum Gasteiger partial charge on any atom is 0.234 e. The molecule has 0 aromatic carbocycles. The number of hydrogen-bond acceptors (Lipinski definition) is 4. The monoisotopic (exact) mass is 210 g/mol. The van der Waals surface area contributed by atoms with E-state index in [1.54, 1.807) is 0 Å². The minimum absolute atomic E-state index is 0.0960. The normalized spacial score (nSPS) is 12.5. The van der Waals surface area contributed by atoms with E-state index in [-0.39, 0.29) is 5.41 Å². The molecule has 0 heterocycles.